The fourth-order valence-corrected chi connectivity index (χ4v) is 3.65. The van der Waals surface area contributed by atoms with Gasteiger partial charge in [-0.1, -0.05) is 19.4 Å². The molecule has 1 unspecified atom stereocenters. The molecule has 2 aromatic rings. The van der Waals surface area contributed by atoms with Gasteiger partial charge in [0, 0.05) is 28.8 Å². The number of hydrogen-bond donors (Lipinski definition) is 1. The Hall–Kier alpha value is -1.19. The van der Waals surface area contributed by atoms with Gasteiger partial charge in [-0.05, 0) is 61.8 Å². The first kappa shape index (κ1) is 16.2. The maximum atomic E-state index is 9.10. The monoisotopic (exact) mass is 303 g/mol. The number of thiophene rings is 1. The largest absolute Gasteiger partial charge is 0.396 e. The van der Waals surface area contributed by atoms with E-state index in [1.165, 1.54) is 41.0 Å². The molecule has 21 heavy (non-hydrogen) atoms. The van der Waals surface area contributed by atoms with Gasteiger partial charge >= 0.3 is 0 Å². The molecule has 0 aliphatic rings. The minimum absolute atomic E-state index is 0.279. The van der Waals surface area contributed by atoms with Crippen molar-refractivity contribution in [3.63, 3.8) is 0 Å². The molecule has 0 bridgehead atoms. The SMILES string of the molecule is CC(CO)Cc1ccc(CCCCCc2cccnc2)s1. The lowest BCUT2D eigenvalue weighted by molar-refractivity contribution is 0.237. The molecule has 114 valence electrons. The van der Waals surface area contributed by atoms with Crippen LogP contribution in [0.25, 0.3) is 0 Å². The highest BCUT2D eigenvalue weighted by Gasteiger charge is 2.05. The van der Waals surface area contributed by atoms with Gasteiger partial charge in [-0.3, -0.25) is 4.98 Å². The molecule has 0 aromatic carbocycles. The zero-order valence-electron chi connectivity index (χ0n) is 12.8. The third-order valence-electron chi connectivity index (χ3n) is 3.69. The van der Waals surface area contributed by atoms with E-state index in [0.29, 0.717) is 5.92 Å². The van der Waals surface area contributed by atoms with Crippen molar-refractivity contribution in [2.75, 3.05) is 6.61 Å². The fourth-order valence-electron chi connectivity index (χ4n) is 2.43. The van der Waals surface area contributed by atoms with Gasteiger partial charge in [0.1, 0.15) is 0 Å². The molecule has 0 saturated carbocycles. The van der Waals surface area contributed by atoms with Crippen molar-refractivity contribution < 1.29 is 5.11 Å². The van der Waals surface area contributed by atoms with Crippen LogP contribution >= 0.6 is 11.3 Å². The standard InChI is InChI=1S/C18H25NOS/c1-15(14-20)12-18-10-9-17(21-18)8-4-2-3-6-16-7-5-11-19-13-16/h5,7,9-11,13,15,20H,2-4,6,8,12,14H2,1H3. The van der Waals surface area contributed by atoms with Gasteiger partial charge in [0.15, 0.2) is 0 Å². The van der Waals surface area contributed by atoms with Gasteiger partial charge in [-0.2, -0.15) is 0 Å². The van der Waals surface area contributed by atoms with E-state index in [-0.39, 0.29) is 6.61 Å². The molecule has 0 saturated heterocycles. The van der Waals surface area contributed by atoms with Crippen molar-refractivity contribution in [2.24, 2.45) is 5.92 Å². The highest BCUT2D eigenvalue weighted by Crippen LogP contribution is 2.21. The van der Waals surface area contributed by atoms with E-state index in [0.717, 1.165) is 12.8 Å². The second-order valence-corrected chi connectivity index (χ2v) is 7.03. The Morgan fingerprint density at radius 1 is 1.10 bits per heavy atom. The van der Waals surface area contributed by atoms with Crippen molar-refractivity contribution in [1.82, 2.24) is 4.98 Å². The van der Waals surface area contributed by atoms with Crippen LogP contribution in [0.5, 0.6) is 0 Å². The van der Waals surface area contributed by atoms with Crippen molar-refractivity contribution in [2.45, 2.75) is 45.4 Å². The van der Waals surface area contributed by atoms with E-state index in [4.69, 9.17) is 5.11 Å². The second-order valence-electron chi connectivity index (χ2n) is 5.78. The molecule has 0 amide bonds. The zero-order valence-corrected chi connectivity index (χ0v) is 13.6. The summed E-state index contributed by atoms with van der Waals surface area (Å²) in [5.74, 6) is 0.371. The molecule has 0 aliphatic heterocycles. The summed E-state index contributed by atoms with van der Waals surface area (Å²) in [5, 5.41) is 9.10. The van der Waals surface area contributed by atoms with Crippen LogP contribution in [0.3, 0.4) is 0 Å². The number of aliphatic hydroxyl groups is 1. The predicted octanol–water partition coefficient (Wildman–Crippen LogP) is 4.27. The molecular formula is C18H25NOS. The summed E-state index contributed by atoms with van der Waals surface area (Å²) in [4.78, 5) is 7.04. The number of aromatic nitrogens is 1. The number of pyridine rings is 1. The van der Waals surface area contributed by atoms with Crippen LogP contribution in [-0.4, -0.2) is 16.7 Å². The Morgan fingerprint density at radius 2 is 1.90 bits per heavy atom. The summed E-state index contributed by atoms with van der Waals surface area (Å²) in [6.07, 6.45) is 10.9. The molecule has 0 radical (unpaired) electrons. The Kier molecular flexibility index (Phi) is 6.90. The highest BCUT2D eigenvalue weighted by atomic mass is 32.1. The fraction of sp³-hybridized carbons (Fsp3) is 0.500. The number of aliphatic hydroxyl groups excluding tert-OH is 1. The van der Waals surface area contributed by atoms with Gasteiger partial charge in [-0.25, -0.2) is 0 Å². The van der Waals surface area contributed by atoms with E-state index in [2.05, 4.69) is 30.1 Å². The molecule has 2 heterocycles. The molecule has 2 nitrogen and oxygen atoms in total. The number of unbranched alkanes of at least 4 members (excludes halogenated alkanes) is 2. The smallest absolute Gasteiger partial charge is 0.0460 e. The average molecular weight is 303 g/mol. The van der Waals surface area contributed by atoms with Crippen molar-refractivity contribution in [1.29, 1.82) is 0 Å². The maximum Gasteiger partial charge on any atom is 0.0460 e. The minimum Gasteiger partial charge on any atom is -0.396 e. The summed E-state index contributed by atoms with van der Waals surface area (Å²) in [7, 11) is 0. The molecule has 2 aromatic heterocycles. The predicted molar refractivity (Wildman–Crippen MR) is 89.8 cm³/mol. The second kappa shape index (κ2) is 8.96. The minimum atomic E-state index is 0.279. The van der Waals surface area contributed by atoms with Crippen LogP contribution in [0, 0.1) is 5.92 Å². The van der Waals surface area contributed by atoms with Crippen LogP contribution < -0.4 is 0 Å². The van der Waals surface area contributed by atoms with Gasteiger partial charge in [0.05, 0.1) is 0 Å². The number of rotatable bonds is 9. The molecule has 3 heteroatoms. The molecule has 2 rings (SSSR count). The lowest BCUT2D eigenvalue weighted by atomic mass is 10.1. The van der Waals surface area contributed by atoms with Crippen molar-refractivity contribution in [3.05, 3.63) is 52.0 Å². The van der Waals surface area contributed by atoms with Crippen LogP contribution in [0.15, 0.2) is 36.7 Å². The lowest BCUT2D eigenvalue weighted by Gasteiger charge is -2.04. The molecule has 0 spiro atoms. The molecule has 1 atom stereocenters. The Labute approximate surface area is 131 Å². The third-order valence-corrected chi connectivity index (χ3v) is 4.86. The highest BCUT2D eigenvalue weighted by molar-refractivity contribution is 7.11. The summed E-state index contributed by atoms with van der Waals surface area (Å²) in [6.45, 7) is 2.37. The molecule has 0 aliphatic carbocycles. The number of nitrogens with zero attached hydrogens (tertiary/aromatic N) is 1. The maximum absolute atomic E-state index is 9.10. The summed E-state index contributed by atoms with van der Waals surface area (Å²) < 4.78 is 0. The number of aryl methyl sites for hydroxylation is 2. The van der Waals surface area contributed by atoms with E-state index in [9.17, 15) is 0 Å². The van der Waals surface area contributed by atoms with E-state index >= 15 is 0 Å². The first-order valence-corrected chi connectivity index (χ1v) is 8.67. The third kappa shape index (κ3) is 5.98. The summed E-state index contributed by atoms with van der Waals surface area (Å²) >= 11 is 1.91. The van der Waals surface area contributed by atoms with Gasteiger partial charge in [0.25, 0.3) is 0 Å². The summed E-state index contributed by atoms with van der Waals surface area (Å²) in [5.41, 5.74) is 1.34. The van der Waals surface area contributed by atoms with E-state index in [1.807, 2.05) is 29.8 Å². The quantitative estimate of drug-likeness (QED) is 0.702. The van der Waals surface area contributed by atoms with Gasteiger partial charge in [-0.15, -0.1) is 11.3 Å². The normalized spacial score (nSPS) is 12.5. The van der Waals surface area contributed by atoms with Crippen LogP contribution in [0.2, 0.25) is 0 Å². The van der Waals surface area contributed by atoms with Gasteiger partial charge in [0.2, 0.25) is 0 Å². The Balaban J connectivity index is 1.62. The summed E-state index contributed by atoms with van der Waals surface area (Å²) in [6, 6.07) is 8.64. The van der Waals surface area contributed by atoms with Crippen LogP contribution in [-0.2, 0) is 19.3 Å². The topological polar surface area (TPSA) is 33.1 Å². The first-order chi connectivity index (χ1) is 10.3. The van der Waals surface area contributed by atoms with Crippen molar-refractivity contribution >= 4 is 11.3 Å². The van der Waals surface area contributed by atoms with Crippen LogP contribution in [0.4, 0.5) is 0 Å². The Bertz CT molecular complexity index is 509. The van der Waals surface area contributed by atoms with Crippen molar-refractivity contribution in [3.8, 4) is 0 Å². The number of hydrogen-bond acceptors (Lipinski definition) is 3. The van der Waals surface area contributed by atoms with Crippen LogP contribution in [0.1, 0.15) is 41.5 Å². The lowest BCUT2D eigenvalue weighted by Crippen LogP contribution is -2.02. The van der Waals surface area contributed by atoms with Gasteiger partial charge < -0.3 is 5.11 Å². The zero-order chi connectivity index (χ0) is 14.9. The first-order valence-electron chi connectivity index (χ1n) is 7.85. The molecule has 0 fully saturated rings. The van der Waals surface area contributed by atoms with E-state index < -0.39 is 0 Å². The Morgan fingerprint density at radius 3 is 2.67 bits per heavy atom. The average Bonchev–Trinajstić information content (AvgIpc) is 2.95. The van der Waals surface area contributed by atoms with E-state index in [1.54, 1.807) is 0 Å². The molecular weight excluding hydrogens is 278 g/mol. The molecule has 1 N–H and O–H groups in total.